The molecule has 9 heteroatoms. The van der Waals surface area contributed by atoms with E-state index < -0.39 is 22.1 Å². The van der Waals surface area contributed by atoms with Gasteiger partial charge >= 0.3 is 6.36 Å². The lowest BCUT2D eigenvalue weighted by Gasteiger charge is -2.22. The molecule has 0 atom stereocenters. The molecule has 0 radical (unpaired) electrons. The van der Waals surface area contributed by atoms with Crippen LogP contribution >= 0.6 is 11.3 Å². The number of rotatable bonds is 7. The van der Waals surface area contributed by atoms with Crippen LogP contribution in [0.5, 0.6) is 5.75 Å². The first-order valence-corrected chi connectivity index (χ1v) is 9.98. The molecule has 1 aromatic heterocycles. The van der Waals surface area contributed by atoms with Gasteiger partial charge in [0, 0.05) is 17.5 Å². The number of ether oxygens (including phenoxy) is 1. The van der Waals surface area contributed by atoms with Crippen molar-refractivity contribution < 1.29 is 26.3 Å². The number of hydrogen-bond donors (Lipinski definition) is 0. The predicted molar refractivity (Wildman–Crippen MR) is 88.1 cm³/mol. The minimum Gasteiger partial charge on any atom is -0.406 e. The topological polar surface area (TPSA) is 46.6 Å². The minimum atomic E-state index is -4.80. The normalized spacial score (nSPS) is 15.5. The number of halogens is 3. The maximum absolute atomic E-state index is 12.8. The summed E-state index contributed by atoms with van der Waals surface area (Å²) in [7, 11) is -3.75. The monoisotopic (exact) mass is 391 g/mol. The van der Waals surface area contributed by atoms with Gasteiger partial charge in [-0.2, -0.15) is 4.31 Å². The zero-order valence-electron chi connectivity index (χ0n) is 13.1. The summed E-state index contributed by atoms with van der Waals surface area (Å²) in [6, 6.07) is 8.17. The van der Waals surface area contributed by atoms with Crippen molar-refractivity contribution in [2.45, 2.75) is 36.6 Å². The molecule has 1 aliphatic rings. The van der Waals surface area contributed by atoms with Gasteiger partial charge < -0.3 is 4.74 Å². The molecule has 4 nitrogen and oxygen atoms in total. The van der Waals surface area contributed by atoms with E-state index in [1.807, 2.05) is 17.5 Å². The standard InChI is InChI=1S/C16H16F3NO3S2/c17-16(18,19)23-13-5-7-15(8-6-13)25(21,22)20(12-3-4-12)10-9-14-2-1-11-24-14/h1-2,5-8,11-12H,3-4,9-10H2. The van der Waals surface area contributed by atoms with Crippen LogP contribution in [-0.4, -0.2) is 31.7 Å². The summed E-state index contributed by atoms with van der Waals surface area (Å²) in [5, 5.41) is 1.94. The number of hydrogen-bond acceptors (Lipinski definition) is 4. The van der Waals surface area contributed by atoms with Gasteiger partial charge in [0.15, 0.2) is 0 Å². The van der Waals surface area contributed by atoms with Crippen LogP contribution in [0.15, 0.2) is 46.7 Å². The molecule has 0 aliphatic heterocycles. The molecule has 1 saturated carbocycles. The van der Waals surface area contributed by atoms with Gasteiger partial charge in [-0.25, -0.2) is 8.42 Å². The van der Waals surface area contributed by atoms with Gasteiger partial charge in [0.2, 0.25) is 10.0 Å². The second-order valence-corrected chi connectivity index (χ2v) is 8.62. The fourth-order valence-corrected chi connectivity index (χ4v) is 4.87. The smallest absolute Gasteiger partial charge is 0.406 e. The van der Waals surface area contributed by atoms with E-state index in [9.17, 15) is 21.6 Å². The van der Waals surface area contributed by atoms with E-state index in [-0.39, 0.29) is 10.9 Å². The Morgan fingerprint density at radius 2 is 1.84 bits per heavy atom. The van der Waals surface area contributed by atoms with Gasteiger partial charge in [0.25, 0.3) is 0 Å². The maximum atomic E-state index is 12.8. The van der Waals surface area contributed by atoms with Crippen molar-refractivity contribution in [3.63, 3.8) is 0 Å². The van der Waals surface area contributed by atoms with Gasteiger partial charge in [-0.3, -0.25) is 0 Å². The first-order chi connectivity index (χ1) is 11.8. The number of thiophene rings is 1. The van der Waals surface area contributed by atoms with Gasteiger partial charge in [0.1, 0.15) is 5.75 Å². The zero-order chi connectivity index (χ0) is 18.1. The van der Waals surface area contributed by atoms with Crippen LogP contribution in [-0.2, 0) is 16.4 Å². The average Bonchev–Trinajstić information content (AvgIpc) is 3.21. The van der Waals surface area contributed by atoms with Gasteiger partial charge in [-0.1, -0.05) is 6.07 Å². The number of sulfonamides is 1. The Bertz CT molecular complexity index is 798. The molecule has 0 amide bonds. The third-order valence-corrected chi connectivity index (χ3v) is 6.68. The molecular formula is C16H16F3NO3S2. The average molecular weight is 391 g/mol. The van der Waals surface area contributed by atoms with Crippen LogP contribution in [0.2, 0.25) is 0 Å². The Morgan fingerprint density at radius 1 is 1.16 bits per heavy atom. The lowest BCUT2D eigenvalue weighted by Crippen LogP contribution is -2.34. The molecule has 0 saturated heterocycles. The van der Waals surface area contributed by atoms with Crippen LogP contribution in [0.1, 0.15) is 17.7 Å². The lowest BCUT2D eigenvalue weighted by atomic mass is 10.3. The molecule has 1 fully saturated rings. The SMILES string of the molecule is O=S(=O)(c1ccc(OC(F)(F)F)cc1)N(CCc1cccs1)C1CC1. The molecule has 136 valence electrons. The highest BCUT2D eigenvalue weighted by Gasteiger charge is 2.38. The van der Waals surface area contributed by atoms with Crippen LogP contribution in [0.3, 0.4) is 0 Å². The molecule has 1 heterocycles. The molecule has 1 aliphatic carbocycles. The van der Waals surface area contributed by atoms with Crippen molar-refractivity contribution in [2.24, 2.45) is 0 Å². The summed E-state index contributed by atoms with van der Waals surface area (Å²) in [4.78, 5) is 1.06. The number of benzene rings is 1. The highest BCUT2D eigenvalue weighted by Crippen LogP contribution is 2.33. The Morgan fingerprint density at radius 3 is 2.36 bits per heavy atom. The van der Waals surface area contributed by atoms with Gasteiger partial charge in [0.05, 0.1) is 4.90 Å². The molecule has 25 heavy (non-hydrogen) atoms. The van der Waals surface area contributed by atoms with Crippen molar-refractivity contribution >= 4 is 21.4 Å². The zero-order valence-corrected chi connectivity index (χ0v) is 14.7. The van der Waals surface area contributed by atoms with E-state index in [0.717, 1.165) is 42.0 Å². The first-order valence-electron chi connectivity index (χ1n) is 7.66. The van der Waals surface area contributed by atoms with Gasteiger partial charge in [-0.15, -0.1) is 24.5 Å². The van der Waals surface area contributed by atoms with Crippen LogP contribution in [0.4, 0.5) is 13.2 Å². The molecule has 0 bridgehead atoms. The van der Waals surface area contributed by atoms with Crippen molar-refractivity contribution in [3.8, 4) is 5.75 Å². The van der Waals surface area contributed by atoms with E-state index in [1.165, 1.54) is 4.31 Å². The summed E-state index contributed by atoms with van der Waals surface area (Å²) in [6.45, 7) is 0.355. The summed E-state index contributed by atoms with van der Waals surface area (Å²) in [5.41, 5.74) is 0. The summed E-state index contributed by atoms with van der Waals surface area (Å²) in [6.07, 6.45) is -2.58. The highest BCUT2D eigenvalue weighted by atomic mass is 32.2. The molecule has 3 rings (SSSR count). The minimum absolute atomic E-state index is 0.0277. The summed E-state index contributed by atoms with van der Waals surface area (Å²) in [5.74, 6) is -0.442. The van der Waals surface area contributed by atoms with Crippen molar-refractivity contribution in [2.75, 3.05) is 6.54 Å². The summed E-state index contributed by atoms with van der Waals surface area (Å²) >= 11 is 1.57. The Labute approximate surface area is 147 Å². The molecule has 0 spiro atoms. The fraction of sp³-hybridized carbons (Fsp3) is 0.375. The van der Waals surface area contributed by atoms with E-state index in [0.29, 0.717) is 13.0 Å². The highest BCUT2D eigenvalue weighted by molar-refractivity contribution is 7.89. The van der Waals surface area contributed by atoms with E-state index in [2.05, 4.69) is 4.74 Å². The Balaban J connectivity index is 1.75. The molecule has 0 unspecified atom stereocenters. The van der Waals surface area contributed by atoms with Crippen LogP contribution in [0, 0.1) is 0 Å². The van der Waals surface area contributed by atoms with Crippen molar-refractivity contribution in [1.82, 2.24) is 4.31 Å². The second kappa shape index (κ2) is 6.97. The summed E-state index contributed by atoms with van der Waals surface area (Å²) < 4.78 is 67.5. The van der Waals surface area contributed by atoms with Crippen LogP contribution < -0.4 is 4.74 Å². The first kappa shape index (κ1) is 18.2. The Kier molecular flexibility index (Phi) is 5.08. The maximum Gasteiger partial charge on any atom is 0.573 e. The van der Waals surface area contributed by atoms with Gasteiger partial charge in [-0.05, 0) is 55.0 Å². The van der Waals surface area contributed by atoms with Crippen LogP contribution in [0.25, 0.3) is 0 Å². The molecular weight excluding hydrogens is 375 g/mol. The number of alkyl halides is 3. The Hall–Kier alpha value is -1.58. The molecule has 0 N–H and O–H groups in total. The van der Waals surface area contributed by atoms with Crippen molar-refractivity contribution in [3.05, 3.63) is 46.7 Å². The second-order valence-electron chi connectivity index (χ2n) is 5.70. The predicted octanol–water partition coefficient (Wildman–Crippen LogP) is 4.04. The fourth-order valence-electron chi connectivity index (χ4n) is 2.49. The van der Waals surface area contributed by atoms with E-state index >= 15 is 0 Å². The quantitative estimate of drug-likeness (QED) is 0.716. The molecule has 2 aromatic rings. The third-order valence-electron chi connectivity index (χ3n) is 3.78. The van der Waals surface area contributed by atoms with E-state index in [4.69, 9.17) is 0 Å². The largest absolute Gasteiger partial charge is 0.573 e. The van der Waals surface area contributed by atoms with E-state index in [1.54, 1.807) is 11.3 Å². The van der Waals surface area contributed by atoms with Crippen molar-refractivity contribution in [1.29, 1.82) is 0 Å². The number of nitrogens with zero attached hydrogens (tertiary/aromatic N) is 1. The lowest BCUT2D eigenvalue weighted by molar-refractivity contribution is -0.274. The third kappa shape index (κ3) is 4.74. The molecule has 1 aromatic carbocycles.